The summed E-state index contributed by atoms with van der Waals surface area (Å²) in [5.74, 6) is -0.295. The second-order valence-electron chi connectivity index (χ2n) is 5.72. The minimum absolute atomic E-state index is 0.0182. The van der Waals surface area contributed by atoms with Crippen LogP contribution in [0, 0.1) is 6.92 Å². The summed E-state index contributed by atoms with van der Waals surface area (Å²) in [7, 11) is 0. The summed E-state index contributed by atoms with van der Waals surface area (Å²) in [6.45, 7) is 2.42. The van der Waals surface area contributed by atoms with Crippen molar-refractivity contribution in [2.75, 3.05) is 0 Å². The summed E-state index contributed by atoms with van der Waals surface area (Å²) < 4.78 is 7.40. The summed E-state index contributed by atoms with van der Waals surface area (Å²) in [6.07, 6.45) is 7.10. The van der Waals surface area contributed by atoms with Crippen LogP contribution in [0.4, 0.5) is 0 Å². The lowest BCUT2D eigenvalue weighted by Crippen LogP contribution is -2.02. The third kappa shape index (κ3) is 2.23. The van der Waals surface area contributed by atoms with E-state index in [0.29, 0.717) is 18.5 Å². The number of furan rings is 1. The normalized spacial score (nSPS) is 12.7. The van der Waals surface area contributed by atoms with E-state index < -0.39 is 5.97 Å². The second-order valence-corrected chi connectivity index (χ2v) is 5.72. The van der Waals surface area contributed by atoms with Gasteiger partial charge in [0.2, 0.25) is 5.76 Å². The summed E-state index contributed by atoms with van der Waals surface area (Å²) >= 11 is 0. The number of pyridine rings is 1. The first-order valence-corrected chi connectivity index (χ1v) is 7.44. The van der Waals surface area contributed by atoms with Crippen molar-refractivity contribution in [3.8, 4) is 11.3 Å². The fourth-order valence-corrected chi connectivity index (χ4v) is 3.13. The number of rotatable bonds is 3. The smallest absolute Gasteiger partial charge is 0.372 e. The topological polar surface area (TPSA) is 81.1 Å². The number of carboxylic acid groups (broad SMARTS) is 1. The van der Waals surface area contributed by atoms with E-state index in [2.05, 4.69) is 10.1 Å². The predicted octanol–water partition coefficient (Wildman–Crippen LogP) is 2.69. The average molecular weight is 309 g/mol. The van der Waals surface area contributed by atoms with Crippen molar-refractivity contribution in [1.29, 1.82) is 0 Å². The Labute approximate surface area is 132 Å². The molecule has 0 radical (unpaired) electrons. The molecule has 23 heavy (non-hydrogen) atoms. The molecular formula is C17H15N3O3. The molecule has 3 aromatic heterocycles. The molecular weight excluding hydrogens is 294 g/mol. The molecule has 1 aliphatic rings. The third-order valence-electron chi connectivity index (χ3n) is 4.18. The average Bonchev–Trinajstić information content (AvgIpc) is 3.08. The van der Waals surface area contributed by atoms with E-state index >= 15 is 0 Å². The molecule has 1 N–H and O–H groups in total. The third-order valence-corrected chi connectivity index (χ3v) is 4.18. The highest BCUT2D eigenvalue weighted by molar-refractivity contribution is 5.90. The molecule has 0 atom stereocenters. The van der Waals surface area contributed by atoms with Crippen molar-refractivity contribution in [2.24, 2.45) is 0 Å². The predicted molar refractivity (Wildman–Crippen MR) is 82.4 cm³/mol. The van der Waals surface area contributed by atoms with Gasteiger partial charge >= 0.3 is 5.97 Å². The van der Waals surface area contributed by atoms with Crippen LogP contribution in [0.2, 0.25) is 0 Å². The lowest BCUT2D eigenvalue weighted by Gasteiger charge is -2.09. The van der Waals surface area contributed by atoms with Gasteiger partial charge in [-0.3, -0.25) is 9.67 Å². The van der Waals surface area contributed by atoms with E-state index in [1.54, 1.807) is 13.1 Å². The highest BCUT2D eigenvalue weighted by Gasteiger charge is 2.29. The number of aryl methyl sites for hydroxylation is 2. The van der Waals surface area contributed by atoms with E-state index in [1.165, 1.54) is 0 Å². The molecule has 3 heterocycles. The minimum atomic E-state index is -1.03. The number of aromatic carboxylic acids is 1. The fourth-order valence-electron chi connectivity index (χ4n) is 3.13. The van der Waals surface area contributed by atoms with Crippen molar-refractivity contribution in [3.05, 3.63) is 58.9 Å². The van der Waals surface area contributed by atoms with E-state index in [0.717, 1.165) is 34.6 Å². The maximum atomic E-state index is 11.3. The number of aromatic nitrogens is 3. The summed E-state index contributed by atoms with van der Waals surface area (Å²) in [5.41, 5.74) is 4.53. The number of hydrogen-bond donors (Lipinski definition) is 1. The first-order chi connectivity index (χ1) is 11.1. The molecule has 116 valence electrons. The molecule has 0 aliphatic heterocycles. The lowest BCUT2D eigenvalue weighted by atomic mass is 9.94. The monoisotopic (exact) mass is 309 g/mol. The van der Waals surface area contributed by atoms with Crippen LogP contribution in [-0.4, -0.2) is 25.8 Å². The van der Waals surface area contributed by atoms with Gasteiger partial charge in [0.1, 0.15) is 5.76 Å². The molecule has 0 spiro atoms. The molecule has 3 aromatic rings. The maximum Gasteiger partial charge on any atom is 0.372 e. The first-order valence-electron chi connectivity index (χ1n) is 7.44. The Morgan fingerprint density at radius 1 is 1.43 bits per heavy atom. The summed E-state index contributed by atoms with van der Waals surface area (Å²) in [5, 5.41) is 13.9. The SMILES string of the molecule is Cc1c(C(=O)O)oc2c1-c1nn(Cc3cccnc3)cc1CC2. The molecule has 0 unspecified atom stereocenters. The standard InChI is InChI=1S/C17H15N3O3/c1-10-14-13(23-16(10)17(21)22)5-4-12-9-20(19-15(12)14)8-11-3-2-6-18-7-11/h2-3,6-7,9H,4-5,8H2,1H3,(H,21,22). The maximum absolute atomic E-state index is 11.3. The van der Waals surface area contributed by atoms with Crippen molar-refractivity contribution < 1.29 is 14.3 Å². The van der Waals surface area contributed by atoms with Gasteiger partial charge in [0.15, 0.2) is 0 Å². The van der Waals surface area contributed by atoms with E-state index in [1.807, 2.05) is 29.2 Å². The molecule has 1 aliphatic carbocycles. The Hall–Kier alpha value is -2.89. The molecule has 0 aromatic carbocycles. The summed E-state index contributed by atoms with van der Waals surface area (Å²) in [6, 6.07) is 3.90. The molecule has 0 saturated carbocycles. The van der Waals surface area contributed by atoms with Gasteiger partial charge in [-0.15, -0.1) is 0 Å². The lowest BCUT2D eigenvalue weighted by molar-refractivity contribution is 0.0659. The van der Waals surface area contributed by atoms with E-state index in [9.17, 15) is 9.90 Å². The Bertz CT molecular complexity index is 893. The second kappa shape index (κ2) is 5.08. The van der Waals surface area contributed by atoms with E-state index in [-0.39, 0.29) is 5.76 Å². The highest BCUT2D eigenvalue weighted by Crippen LogP contribution is 2.38. The minimum Gasteiger partial charge on any atom is -0.475 e. The van der Waals surface area contributed by atoms with Gasteiger partial charge in [0.05, 0.1) is 12.2 Å². The quantitative estimate of drug-likeness (QED) is 0.804. The van der Waals surface area contributed by atoms with E-state index in [4.69, 9.17) is 4.42 Å². The Morgan fingerprint density at radius 2 is 2.30 bits per heavy atom. The molecule has 4 rings (SSSR count). The van der Waals surface area contributed by atoms with Gasteiger partial charge in [0, 0.05) is 36.1 Å². The van der Waals surface area contributed by atoms with Gasteiger partial charge in [-0.2, -0.15) is 5.10 Å². The number of carbonyl (C=O) groups is 1. The van der Waals surface area contributed by atoms with Gasteiger partial charge in [-0.05, 0) is 30.5 Å². The molecule has 6 nitrogen and oxygen atoms in total. The fraction of sp³-hybridized carbons (Fsp3) is 0.235. The van der Waals surface area contributed by atoms with Crippen molar-refractivity contribution >= 4 is 5.97 Å². The van der Waals surface area contributed by atoms with Crippen LogP contribution in [0.25, 0.3) is 11.3 Å². The van der Waals surface area contributed by atoms with Crippen LogP contribution in [0.3, 0.4) is 0 Å². The Kier molecular flexibility index (Phi) is 3.04. The largest absolute Gasteiger partial charge is 0.475 e. The van der Waals surface area contributed by atoms with Crippen LogP contribution in [0.5, 0.6) is 0 Å². The zero-order valence-electron chi connectivity index (χ0n) is 12.6. The van der Waals surface area contributed by atoms with Gasteiger partial charge < -0.3 is 9.52 Å². The van der Waals surface area contributed by atoms with Gasteiger partial charge in [0.25, 0.3) is 0 Å². The highest BCUT2D eigenvalue weighted by atomic mass is 16.4. The first kappa shape index (κ1) is 13.8. The van der Waals surface area contributed by atoms with Crippen molar-refractivity contribution in [2.45, 2.75) is 26.3 Å². The summed E-state index contributed by atoms with van der Waals surface area (Å²) in [4.78, 5) is 15.4. The van der Waals surface area contributed by atoms with Crippen LogP contribution >= 0.6 is 0 Å². The van der Waals surface area contributed by atoms with Crippen LogP contribution in [0.1, 0.15) is 33.0 Å². The van der Waals surface area contributed by atoms with Crippen molar-refractivity contribution in [1.82, 2.24) is 14.8 Å². The van der Waals surface area contributed by atoms with Crippen molar-refractivity contribution in [3.63, 3.8) is 0 Å². The number of fused-ring (bicyclic) bond motifs is 3. The zero-order valence-corrected chi connectivity index (χ0v) is 12.6. The Morgan fingerprint density at radius 3 is 3.04 bits per heavy atom. The van der Waals surface area contributed by atoms with Crippen LogP contribution in [-0.2, 0) is 19.4 Å². The molecule has 0 bridgehead atoms. The zero-order chi connectivity index (χ0) is 16.0. The Balaban J connectivity index is 1.75. The van der Waals surface area contributed by atoms with Crippen LogP contribution < -0.4 is 0 Å². The van der Waals surface area contributed by atoms with Gasteiger partial charge in [-0.1, -0.05) is 6.07 Å². The molecule has 0 fully saturated rings. The molecule has 0 saturated heterocycles. The molecule has 6 heteroatoms. The van der Waals surface area contributed by atoms with Crippen LogP contribution in [0.15, 0.2) is 35.1 Å². The number of carboxylic acids is 1. The molecule has 0 amide bonds. The van der Waals surface area contributed by atoms with Gasteiger partial charge in [-0.25, -0.2) is 4.79 Å². The number of nitrogens with zero attached hydrogens (tertiary/aromatic N) is 3. The number of hydrogen-bond acceptors (Lipinski definition) is 4.